The second-order valence-corrected chi connectivity index (χ2v) is 4.85. The predicted molar refractivity (Wildman–Crippen MR) is 68.4 cm³/mol. The van der Waals surface area contributed by atoms with E-state index < -0.39 is 0 Å². The SMILES string of the molecule is O=C1CCCCCC1Cc1ccccc1[N+](=O)[O-]. The van der Waals surface area contributed by atoms with Gasteiger partial charge in [-0.05, 0) is 19.3 Å². The van der Waals surface area contributed by atoms with Gasteiger partial charge in [-0.15, -0.1) is 0 Å². The Hall–Kier alpha value is -1.71. The van der Waals surface area contributed by atoms with Crippen LogP contribution in [0.3, 0.4) is 0 Å². The third-order valence-corrected chi connectivity index (χ3v) is 3.59. The van der Waals surface area contributed by atoms with Crippen molar-refractivity contribution >= 4 is 11.5 Å². The Morgan fingerprint density at radius 1 is 1.22 bits per heavy atom. The Balaban J connectivity index is 2.17. The molecule has 1 fully saturated rings. The number of nitrogens with zero attached hydrogens (tertiary/aromatic N) is 1. The molecule has 1 aromatic rings. The molecule has 0 heterocycles. The summed E-state index contributed by atoms with van der Waals surface area (Å²) in [5, 5.41) is 10.9. The fraction of sp³-hybridized carbons (Fsp3) is 0.500. The fourth-order valence-electron chi connectivity index (χ4n) is 2.57. The van der Waals surface area contributed by atoms with Crippen molar-refractivity contribution in [3.8, 4) is 0 Å². The highest BCUT2D eigenvalue weighted by Crippen LogP contribution is 2.27. The molecule has 2 rings (SSSR count). The zero-order chi connectivity index (χ0) is 13.0. The zero-order valence-corrected chi connectivity index (χ0v) is 10.3. The van der Waals surface area contributed by atoms with Crippen LogP contribution in [0.15, 0.2) is 24.3 Å². The number of benzene rings is 1. The molecule has 0 N–H and O–H groups in total. The van der Waals surface area contributed by atoms with Crippen LogP contribution in [0.2, 0.25) is 0 Å². The van der Waals surface area contributed by atoms with E-state index in [1.54, 1.807) is 18.2 Å². The van der Waals surface area contributed by atoms with E-state index in [0.717, 1.165) is 25.7 Å². The smallest absolute Gasteiger partial charge is 0.272 e. The molecule has 1 atom stereocenters. The van der Waals surface area contributed by atoms with Gasteiger partial charge in [-0.25, -0.2) is 0 Å². The molecule has 18 heavy (non-hydrogen) atoms. The molecule has 0 radical (unpaired) electrons. The van der Waals surface area contributed by atoms with Crippen LogP contribution in [0.1, 0.15) is 37.7 Å². The molecule has 96 valence electrons. The van der Waals surface area contributed by atoms with Crippen LogP contribution in [0.25, 0.3) is 0 Å². The summed E-state index contributed by atoms with van der Waals surface area (Å²) >= 11 is 0. The van der Waals surface area contributed by atoms with Gasteiger partial charge >= 0.3 is 0 Å². The Morgan fingerprint density at radius 3 is 2.78 bits per heavy atom. The fourth-order valence-corrected chi connectivity index (χ4v) is 2.57. The van der Waals surface area contributed by atoms with Gasteiger partial charge in [0.1, 0.15) is 5.78 Å². The largest absolute Gasteiger partial charge is 0.299 e. The van der Waals surface area contributed by atoms with E-state index in [4.69, 9.17) is 0 Å². The van der Waals surface area contributed by atoms with Crippen molar-refractivity contribution in [3.05, 3.63) is 39.9 Å². The van der Waals surface area contributed by atoms with E-state index in [-0.39, 0.29) is 22.3 Å². The topological polar surface area (TPSA) is 60.2 Å². The average molecular weight is 247 g/mol. The first kappa shape index (κ1) is 12.7. The van der Waals surface area contributed by atoms with Crippen molar-refractivity contribution in [2.24, 2.45) is 5.92 Å². The highest BCUT2D eigenvalue weighted by Gasteiger charge is 2.24. The third kappa shape index (κ3) is 2.94. The highest BCUT2D eigenvalue weighted by atomic mass is 16.6. The first-order valence-corrected chi connectivity index (χ1v) is 6.43. The molecule has 0 spiro atoms. The normalized spacial score (nSPS) is 20.4. The highest BCUT2D eigenvalue weighted by molar-refractivity contribution is 5.81. The lowest BCUT2D eigenvalue weighted by molar-refractivity contribution is -0.385. The van der Waals surface area contributed by atoms with Crippen molar-refractivity contribution < 1.29 is 9.72 Å². The van der Waals surface area contributed by atoms with E-state index >= 15 is 0 Å². The third-order valence-electron chi connectivity index (χ3n) is 3.59. The molecule has 0 aromatic heterocycles. The molecule has 0 bridgehead atoms. The summed E-state index contributed by atoms with van der Waals surface area (Å²) in [4.78, 5) is 22.5. The maximum Gasteiger partial charge on any atom is 0.272 e. The molecule has 0 saturated heterocycles. The summed E-state index contributed by atoms with van der Waals surface area (Å²) in [5.41, 5.74) is 0.817. The van der Waals surface area contributed by atoms with Crippen LogP contribution in [0, 0.1) is 16.0 Å². The van der Waals surface area contributed by atoms with Gasteiger partial charge in [0.05, 0.1) is 4.92 Å². The lowest BCUT2D eigenvalue weighted by Gasteiger charge is -2.12. The Morgan fingerprint density at radius 2 is 2.00 bits per heavy atom. The van der Waals surface area contributed by atoms with E-state index in [1.807, 2.05) is 0 Å². The molecule has 1 saturated carbocycles. The molecular weight excluding hydrogens is 230 g/mol. The minimum absolute atomic E-state index is 0.0337. The second kappa shape index (κ2) is 5.76. The number of hydrogen-bond donors (Lipinski definition) is 0. The summed E-state index contributed by atoms with van der Waals surface area (Å²) in [6.45, 7) is 0. The summed E-state index contributed by atoms with van der Waals surface area (Å²) in [7, 11) is 0. The number of Topliss-reactive ketones (excluding diaryl/α,β-unsaturated/α-hetero) is 1. The summed E-state index contributed by atoms with van der Waals surface area (Å²) in [6, 6.07) is 6.73. The first-order valence-electron chi connectivity index (χ1n) is 6.43. The van der Waals surface area contributed by atoms with E-state index in [9.17, 15) is 14.9 Å². The van der Waals surface area contributed by atoms with Gasteiger partial charge in [-0.2, -0.15) is 0 Å². The molecule has 1 unspecified atom stereocenters. The maximum absolute atomic E-state index is 11.9. The van der Waals surface area contributed by atoms with Gasteiger partial charge in [0.2, 0.25) is 0 Å². The van der Waals surface area contributed by atoms with E-state index in [2.05, 4.69) is 0 Å². The monoisotopic (exact) mass is 247 g/mol. The zero-order valence-electron chi connectivity index (χ0n) is 10.3. The lowest BCUT2D eigenvalue weighted by atomic mass is 9.91. The molecule has 0 aliphatic heterocycles. The van der Waals surface area contributed by atoms with E-state index in [0.29, 0.717) is 18.4 Å². The van der Waals surface area contributed by atoms with Gasteiger partial charge in [-0.3, -0.25) is 14.9 Å². The number of rotatable bonds is 3. The number of nitro benzene ring substituents is 1. The Bertz CT molecular complexity index is 456. The molecule has 1 aliphatic rings. The van der Waals surface area contributed by atoms with Gasteiger partial charge in [-0.1, -0.05) is 31.0 Å². The molecule has 1 aliphatic carbocycles. The van der Waals surface area contributed by atoms with Gasteiger partial charge < -0.3 is 0 Å². The summed E-state index contributed by atoms with van der Waals surface area (Å²) in [5.74, 6) is 0.235. The molecular formula is C14H17NO3. The molecule has 4 heteroatoms. The van der Waals surface area contributed by atoms with Crippen molar-refractivity contribution in [3.63, 3.8) is 0 Å². The Kier molecular flexibility index (Phi) is 4.07. The van der Waals surface area contributed by atoms with Crippen LogP contribution in [0.5, 0.6) is 0 Å². The van der Waals surface area contributed by atoms with Crippen molar-refractivity contribution in [1.29, 1.82) is 0 Å². The van der Waals surface area contributed by atoms with Gasteiger partial charge in [0, 0.05) is 24.0 Å². The minimum Gasteiger partial charge on any atom is -0.299 e. The second-order valence-electron chi connectivity index (χ2n) is 4.85. The first-order chi connectivity index (χ1) is 8.68. The number of para-hydroxylation sites is 1. The predicted octanol–water partition coefficient (Wildman–Crippen LogP) is 3.29. The minimum atomic E-state index is -0.365. The van der Waals surface area contributed by atoms with Crippen LogP contribution in [0.4, 0.5) is 5.69 Å². The lowest BCUT2D eigenvalue weighted by Crippen LogP contribution is -2.16. The standard InChI is InChI=1S/C14H17NO3/c16-14-9-3-1-2-7-12(14)10-11-6-4-5-8-13(11)15(17)18/h4-6,8,12H,1-3,7,9-10H2. The number of carbonyl (C=O) groups is 1. The molecule has 0 amide bonds. The molecule has 1 aromatic carbocycles. The quantitative estimate of drug-likeness (QED) is 0.468. The number of carbonyl (C=O) groups excluding carboxylic acids is 1. The average Bonchev–Trinajstić information content (AvgIpc) is 2.55. The number of ketones is 1. The van der Waals surface area contributed by atoms with E-state index in [1.165, 1.54) is 6.07 Å². The van der Waals surface area contributed by atoms with Crippen LogP contribution in [-0.4, -0.2) is 10.7 Å². The van der Waals surface area contributed by atoms with Crippen molar-refractivity contribution in [1.82, 2.24) is 0 Å². The summed E-state index contributed by atoms with van der Waals surface area (Å²) < 4.78 is 0. The van der Waals surface area contributed by atoms with Crippen molar-refractivity contribution in [2.45, 2.75) is 38.5 Å². The van der Waals surface area contributed by atoms with Gasteiger partial charge in [0.15, 0.2) is 0 Å². The maximum atomic E-state index is 11.9. The van der Waals surface area contributed by atoms with Crippen LogP contribution in [-0.2, 0) is 11.2 Å². The van der Waals surface area contributed by atoms with Gasteiger partial charge in [0.25, 0.3) is 5.69 Å². The van der Waals surface area contributed by atoms with Crippen molar-refractivity contribution in [2.75, 3.05) is 0 Å². The number of hydrogen-bond acceptors (Lipinski definition) is 3. The summed E-state index contributed by atoms with van der Waals surface area (Å²) in [6.07, 6.45) is 5.12. The van der Waals surface area contributed by atoms with Crippen LogP contribution < -0.4 is 0 Å². The Labute approximate surface area is 106 Å². The molecule has 4 nitrogen and oxygen atoms in total. The number of nitro groups is 1. The van der Waals surface area contributed by atoms with Crippen LogP contribution >= 0.6 is 0 Å².